The summed E-state index contributed by atoms with van der Waals surface area (Å²) in [7, 11) is 1.67. The van der Waals surface area contributed by atoms with Crippen LogP contribution in [0.1, 0.15) is 86.6 Å². The summed E-state index contributed by atoms with van der Waals surface area (Å²) >= 11 is 0. The quantitative estimate of drug-likeness (QED) is 0.313. The van der Waals surface area contributed by atoms with Crippen molar-refractivity contribution < 1.29 is 14.4 Å². The van der Waals surface area contributed by atoms with Gasteiger partial charge in [-0.15, -0.1) is 0 Å². The van der Waals surface area contributed by atoms with Gasteiger partial charge >= 0.3 is 0 Å². The summed E-state index contributed by atoms with van der Waals surface area (Å²) in [5.74, 6) is -0.176. The molecule has 1 atom stereocenters. The average molecular weight is 547 g/mol. The summed E-state index contributed by atoms with van der Waals surface area (Å²) in [6, 6.07) is 10.8. The normalized spacial score (nSPS) is 13.9. The van der Waals surface area contributed by atoms with E-state index >= 15 is 0 Å². The smallest absolute Gasteiger partial charge is 0.246 e. The van der Waals surface area contributed by atoms with E-state index in [-0.39, 0.29) is 30.3 Å². The van der Waals surface area contributed by atoms with Crippen LogP contribution in [0.25, 0.3) is 0 Å². The molecule has 1 aliphatic heterocycles. The van der Waals surface area contributed by atoms with Gasteiger partial charge < -0.3 is 20.4 Å². The predicted molar refractivity (Wildman–Crippen MR) is 166 cm³/mol. The van der Waals surface area contributed by atoms with Crippen molar-refractivity contribution in [1.82, 2.24) is 20.4 Å². The number of amides is 3. The molecular formula is C32H58N4O3. The summed E-state index contributed by atoms with van der Waals surface area (Å²) in [6.07, 6.45) is 7.81. The molecule has 2 N–H and O–H groups in total. The van der Waals surface area contributed by atoms with E-state index in [9.17, 15) is 14.4 Å². The second kappa shape index (κ2) is 24.4. The molecule has 1 aromatic carbocycles. The minimum absolute atomic E-state index is 0.0444. The van der Waals surface area contributed by atoms with E-state index < -0.39 is 0 Å². The molecular weight excluding hydrogens is 488 g/mol. The van der Waals surface area contributed by atoms with Crippen LogP contribution in [-0.2, 0) is 14.4 Å². The van der Waals surface area contributed by atoms with Crippen LogP contribution in [0.3, 0.4) is 0 Å². The third-order valence-electron chi connectivity index (χ3n) is 6.04. The molecule has 1 saturated heterocycles. The molecule has 39 heavy (non-hydrogen) atoms. The van der Waals surface area contributed by atoms with Gasteiger partial charge in [0.25, 0.3) is 0 Å². The molecule has 7 heteroatoms. The summed E-state index contributed by atoms with van der Waals surface area (Å²) in [5, 5.41) is 5.07. The highest BCUT2D eigenvalue weighted by molar-refractivity contribution is 5.93. The molecule has 2 rings (SSSR count). The molecule has 1 unspecified atom stereocenters. The van der Waals surface area contributed by atoms with Crippen LogP contribution in [0.4, 0.5) is 0 Å². The molecule has 3 amide bonds. The number of carbonyl (C=O) groups is 3. The maximum atomic E-state index is 11.9. The van der Waals surface area contributed by atoms with Crippen LogP contribution in [0.2, 0.25) is 0 Å². The fourth-order valence-electron chi connectivity index (χ4n) is 3.77. The van der Waals surface area contributed by atoms with Crippen LogP contribution >= 0.6 is 0 Å². The van der Waals surface area contributed by atoms with Crippen LogP contribution < -0.4 is 10.6 Å². The van der Waals surface area contributed by atoms with E-state index in [0.717, 1.165) is 6.04 Å². The molecule has 0 aromatic heterocycles. The maximum Gasteiger partial charge on any atom is 0.246 e. The molecule has 1 aliphatic rings. The average Bonchev–Trinajstić information content (AvgIpc) is 2.92. The third-order valence-corrected chi connectivity index (χ3v) is 6.04. The Hall–Kier alpha value is -2.67. The summed E-state index contributed by atoms with van der Waals surface area (Å²) in [6.45, 7) is 21.6. The molecule has 7 nitrogen and oxygen atoms in total. The summed E-state index contributed by atoms with van der Waals surface area (Å²) in [5.41, 5.74) is 1.90. The second-order valence-corrected chi connectivity index (χ2v) is 10.5. The van der Waals surface area contributed by atoms with Crippen molar-refractivity contribution in [2.45, 2.75) is 100 Å². The molecule has 0 radical (unpaired) electrons. The Kier molecular flexibility index (Phi) is 24.0. The second-order valence-electron chi connectivity index (χ2n) is 10.5. The van der Waals surface area contributed by atoms with Gasteiger partial charge in [0.2, 0.25) is 18.2 Å². The van der Waals surface area contributed by atoms with Gasteiger partial charge in [-0.25, -0.2) is 0 Å². The highest BCUT2D eigenvalue weighted by Crippen LogP contribution is 2.13. The van der Waals surface area contributed by atoms with Gasteiger partial charge in [0.05, 0.1) is 12.6 Å². The zero-order valence-electron chi connectivity index (χ0n) is 26.5. The van der Waals surface area contributed by atoms with Crippen molar-refractivity contribution in [3.63, 3.8) is 0 Å². The number of aryl methyl sites for hydroxylation is 1. The van der Waals surface area contributed by atoms with Crippen LogP contribution in [0, 0.1) is 12.8 Å². The van der Waals surface area contributed by atoms with E-state index in [1.165, 1.54) is 44.3 Å². The number of hydrogen-bond donors (Lipinski definition) is 2. The van der Waals surface area contributed by atoms with Crippen LogP contribution in [0.15, 0.2) is 42.0 Å². The number of carbonyl (C=O) groups excluding carboxylic acids is 3. The zero-order valence-corrected chi connectivity index (χ0v) is 26.5. The first-order valence-electron chi connectivity index (χ1n) is 14.6. The fraction of sp³-hybridized carbons (Fsp3) is 0.656. The van der Waals surface area contributed by atoms with Gasteiger partial charge in [0, 0.05) is 25.2 Å². The maximum absolute atomic E-state index is 11.9. The number of likely N-dealkylation sites (N-methyl/N-ethyl adjacent to an activating group) is 2. The Morgan fingerprint density at radius 2 is 1.54 bits per heavy atom. The Bertz CT molecular complexity index is 788. The first-order valence-corrected chi connectivity index (χ1v) is 14.6. The molecule has 1 fully saturated rings. The van der Waals surface area contributed by atoms with Crippen molar-refractivity contribution >= 4 is 18.2 Å². The number of likely N-dealkylation sites (tertiary alicyclic amines) is 1. The monoisotopic (exact) mass is 546 g/mol. The number of nitrogens with one attached hydrogen (secondary N) is 2. The number of piperidine rings is 1. The summed E-state index contributed by atoms with van der Waals surface area (Å²) in [4.78, 5) is 38.0. The highest BCUT2D eigenvalue weighted by atomic mass is 16.2. The van der Waals surface area contributed by atoms with Gasteiger partial charge in [-0.1, -0.05) is 82.5 Å². The lowest BCUT2D eigenvalue weighted by Crippen LogP contribution is -2.43. The Morgan fingerprint density at radius 3 is 1.90 bits per heavy atom. The third kappa shape index (κ3) is 20.0. The standard InChI is InChI=1S/C14H25N3O3.C8H17N.C7H8.C3H8/c1-6-16-14(20)11(4)7-12(10(2)3)17(5)13(19)8-15-9-18;1-8(2)9-6-4-3-5-7-9;1-7-5-3-2-4-6-7;1-3-2/h7,9-10,12H,6,8H2,1-5H3,(H,15,18)(H,16,20);8H,3-7H2,1-2H3;2-6H,1H3;3H2,1-2H3/b11-7+;;;. The lowest BCUT2D eigenvalue weighted by atomic mass is 10.00. The lowest BCUT2D eigenvalue weighted by Gasteiger charge is -2.29. The van der Waals surface area contributed by atoms with Crippen LogP contribution in [-0.4, -0.2) is 73.3 Å². The Balaban J connectivity index is 0. The Morgan fingerprint density at radius 1 is 1.00 bits per heavy atom. The lowest BCUT2D eigenvalue weighted by molar-refractivity contribution is -0.132. The largest absolute Gasteiger partial charge is 0.353 e. The molecule has 224 valence electrons. The van der Waals surface area contributed by atoms with Crippen molar-refractivity contribution in [2.24, 2.45) is 5.92 Å². The van der Waals surface area contributed by atoms with Crippen LogP contribution in [0.5, 0.6) is 0 Å². The number of nitrogens with zero attached hydrogens (tertiary/aromatic N) is 2. The van der Waals surface area contributed by atoms with E-state index in [0.29, 0.717) is 18.5 Å². The molecule has 0 aliphatic carbocycles. The number of hydrogen-bond acceptors (Lipinski definition) is 4. The van der Waals surface area contributed by atoms with E-state index in [2.05, 4.69) is 62.3 Å². The molecule has 1 aromatic rings. The Labute approximate surface area is 239 Å². The van der Waals surface area contributed by atoms with Gasteiger partial charge in [-0.3, -0.25) is 14.4 Å². The van der Waals surface area contributed by atoms with Crippen molar-refractivity contribution in [3.05, 3.63) is 47.5 Å². The predicted octanol–water partition coefficient (Wildman–Crippen LogP) is 5.59. The fourth-order valence-corrected chi connectivity index (χ4v) is 3.77. The zero-order chi connectivity index (χ0) is 30.2. The van der Waals surface area contributed by atoms with E-state index in [1.54, 1.807) is 24.9 Å². The first kappa shape index (κ1) is 38.5. The minimum atomic E-state index is -0.198. The minimum Gasteiger partial charge on any atom is -0.353 e. The first-order chi connectivity index (χ1) is 18.5. The van der Waals surface area contributed by atoms with Crippen molar-refractivity contribution in [1.29, 1.82) is 0 Å². The van der Waals surface area contributed by atoms with Crippen molar-refractivity contribution in [2.75, 3.05) is 33.2 Å². The molecule has 0 saturated carbocycles. The highest BCUT2D eigenvalue weighted by Gasteiger charge is 2.22. The molecule has 0 spiro atoms. The van der Waals surface area contributed by atoms with Gasteiger partial charge in [0.1, 0.15) is 0 Å². The molecule has 1 heterocycles. The number of benzene rings is 1. The SMILES string of the molecule is CC(C)N1CCCCC1.CCC.CCNC(=O)/C(C)=C/C(C(C)C)N(C)C(=O)CNC=O.Cc1ccccc1. The van der Waals surface area contributed by atoms with Gasteiger partial charge in [0.15, 0.2) is 0 Å². The van der Waals surface area contributed by atoms with E-state index in [4.69, 9.17) is 0 Å². The molecule has 0 bridgehead atoms. The summed E-state index contributed by atoms with van der Waals surface area (Å²) < 4.78 is 0. The van der Waals surface area contributed by atoms with Gasteiger partial charge in [-0.2, -0.15) is 0 Å². The van der Waals surface area contributed by atoms with Gasteiger partial charge in [-0.05, 0) is 66.5 Å². The topological polar surface area (TPSA) is 81.8 Å². The van der Waals surface area contributed by atoms with E-state index in [1.807, 2.05) is 39.0 Å². The number of rotatable bonds is 9. The van der Waals surface area contributed by atoms with Crippen molar-refractivity contribution in [3.8, 4) is 0 Å².